The fraction of sp³-hybridized carbons (Fsp3) is 0.465. The van der Waals surface area contributed by atoms with Gasteiger partial charge in [-0.2, -0.15) is 0 Å². The average molecular weight is 762 g/mol. The van der Waals surface area contributed by atoms with Crippen molar-refractivity contribution in [3.8, 4) is 28.1 Å². The lowest BCUT2D eigenvalue weighted by Gasteiger charge is -2.32. The van der Waals surface area contributed by atoms with E-state index in [2.05, 4.69) is 58.6 Å². The molecule has 5 heterocycles. The van der Waals surface area contributed by atoms with E-state index in [1.54, 1.807) is 0 Å². The van der Waals surface area contributed by atoms with Crippen molar-refractivity contribution in [2.24, 2.45) is 5.92 Å². The molecule has 2 aromatic heterocycles. The number of likely N-dealkylation sites (tertiary alicyclic amines) is 2. The minimum Gasteiger partial charge on any atom is -0.488 e. The molecule has 3 aromatic carbocycles. The van der Waals surface area contributed by atoms with Crippen LogP contribution in [0.1, 0.15) is 103 Å². The van der Waals surface area contributed by atoms with E-state index in [-0.39, 0.29) is 42.1 Å². The first-order valence-electron chi connectivity index (χ1n) is 19.7. The molecule has 0 spiro atoms. The zero-order valence-corrected chi connectivity index (χ0v) is 33.4. The molecule has 2 saturated heterocycles. The van der Waals surface area contributed by atoms with Crippen molar-refractivity contribution in [1.29, 1.82) is 0 Å². The van der Waals surface area contributed by atoms with Crippen LogP contribution >= 0.6 is 0 Å². The SMILES string of the molecule is COC(=O)N[C@H](C(=O)N1[C@@H](C)CC[C@H]1c1ncc(-c2ccc3c(c2)COc2cc4c(ccc5nc([C@@H]6CC[C@H](C)N6C(=O)OC(C)(C)C)[nH]c54)cc2-3)[nH]1)C(C)C. The van der Waals surface area contributed by atoms with Crippen molar-refractivity contribution in [3.63, 3.8) is 0 Å². The molecule has 2 fully saturated rings. The molecule has 13 heteroatoms. The van der Waals surface area contributed by atoms with E-state index in [1.807, 2.05) is 63.6 Å². The number of rotatable bonds is 6. The summed E-state index contributed by atoms with van der Waals surface area (Å²) in [5.74, 6) is 2.02. The first kappa shape index (κ1) is 37.3. The zero-order valence-electron chi connectivity index (χ0n) is 33.4. The molecule has 0 bridgehead atoms. The number of hydrogen-bond donors (Lipinski definition) is 3. The number of imidazole rings is 2. The lowest BCUT2D eigenvalue weighted by Crippen LogP contribution is -2.52. The summed E-state index contributed by atoms with van der Waals surface area (Å²) in [5.41, 5.74) is 6.19. The number of H-pyrrole nitrogens is 2. The standard InChI is InChI=1S/C43H51N7O6/c1-22(2)36(48-41(52)54-8)40(51)49-23(3)9-15-33(49)38-44-20-32(46-38)26-11-13-28-27(17-26)21-55-35-19-29-25(18-30(28)35)12-14-31-37(29)47-39(45-31)34-16-10-24(4)50(34)42(53)56-43(5,6)7/h11-14,17-20,22-24,33-34,36H,9-10,15-16,21H2,1-8H3,(H,44,46)(H,45,47)(H,48,52)/t23-,24-,33-,34-,36-/m0/s1. The van der Waals surface area contributed by atoms with E-state index in [0.717, 1.165) is 92.8 Å². The van der Waals surface area contributed by atoms with Gasteiger partial charge in [-0.3, -0.25) is 9.69 Å². The van der Waals surface area contributed by atoms with Crippen LogP contribution in [0.2, 0.25) is 0 Å². The number of amides is 3. The summed E-state index contributed by atoms with van der Waals surface area (Å²) in [6.45, 7) is 14.0. The molecule has 0 radical (unpaired) electrons. The van der Waals surface area contributed by atoms with Gasteiger partial charge in [0.15, 0.2) is 0 Å². The summed E-state index contributed by atoms with van der Waals surface area (Å²) in [6, 6.07) is 13.7. The minimum absolute atomic E-state index is 0.00385. The van der Waals surface area contributed by atoms with Crippen LogP contribution in [-0.4, -0.2) is 78.7 Å². The van der Waals surface area contributed by atoms with Gasteiger partial charge in [-0.05, 0) is 113 Å². The third-order valence-corrected chi connectivity index (χ3v) is 11.5. The maximum absolute atomic E-state index is 13.8. The van der Waals surface area contributed by atoms with Crippen LogP contribution in [0, 0.1) is 5.92 Å². The van der Waals surface area contributed by atoms with Gasteiger partial charge >= 0.3 is 12.2 Å². The molecule has 0 aliphatic carbocycles. The number of nitrogens with zero attached hydrogens (tertiary/aromatic N) is 4. The molecule has 294 valence electrons. The Morgan fingerprint density at radius 1 is 0.911 bits per heavy atom. The number of aromatic amines is 2. The van der Waals surface area contributed by atoms with Gasteiger partial charge in [0, 0.05) is 23.0 Å². The Balaban J connectivity index is 1.05. The van der Waals surface area contributed by atoms with Crippen molar-refractivity contribution in [2.45, 2.75) is 117 Å². The van der Waals surface area contributed by atoms with Crippen molar-refractivity contribution < 1.29 is 28.6 Å². The van der Waals surface area contributed by atoms with Gasteiger partial charge in [-0.15, -0.1) is 0 Å². The number of methoxy groups -OCH3 is 1. The molecule has 56 heavy (non-hydrogen) atoms. The zero-order chi connectivity index (χ0) is 39.6. The molecule has 0 unspecified atom stereocenters. The number of alkyl carbamates (subject to hydrolysis) is 1. The van der Waals surface area contributed by atoms with Crippen molar-refractivity contribution in [2.75, 3.05) is 7.11 Å². The third kappa shape index (κ3) is 6.70. The first-order chi connectivity index (χ1) is 26.7. The van der Waals surface area contributed by atoms with Crippen LogP contribution in [0.5, 0.6) is 5.75 Å². The maximum atomic E-state index is 13.8. The minimum atomic E-state index is -0.707. The summed E-state index contributed by atoms with van der Waals surface area (Å²) >= 11 is 0. The van der Waals surface area contributed by atoms with Crippen molar-refractivity contribution in [1.82, 2.24) is 35.1 Å². The summed E-state index contributed by atoms with van der Waals surface area (Å²) in [6.07, 6.45) is 4.16. The third-order valence-electron chi connectivity index (χ3n) is 11.5. The highest BCUT2D eigenvalue weighted by molar-refractivity contribution is 6.07. The van der Waals surface area contributed by atoms with Gasteiger partial charge in [-0.25, -0.2) is 19.6 Å². The summed E-state index contributed by atoms with van der Waals surface area (Å²) in [5, 5.41) is 4.79. The maximum Gasteiger partial charge on any atom is 0.411 e. The smallest absolute Gasteiger partial charge is 0.411 e. The highest BCUT2D eigenvalue weighted by Crippen LogP contribution is 2.44. The van der Waals surface area contributed by atoms with Crippen LogP contribution in [0.3, 0.4) is 0 Å². The van der Waals surface area contributed by atoms with Crippen LogP contribution in [0.25, 0.3) is 44.2 Å². The van der Waals surface area contributed by atoms with Crippen LogP contribution < -0.4 is 10.1 Å². The normalized spacial score (nSPS) is 21.2. The number of carbonyl (C=O) groups is 3. The molecule has 0 saturated carbocycles. The summed E-state index contributed by atoms with van der Waals surface area (Å²) < 4.78 is 17.0. The molecule has 5 atom stereocenters. The highest BCUT2D eigenvalue weighted by Gasteiger charge is 2.42. The van der Waals surface area contributed by atoms with Crippen LogP contribution in [0.4, 0.5) is 9.59 Å². The van der Waals surface area contributed by atoms with E-state index in [4.69, 9.17) is 24.2 Å². The number of aromatic nitrogens is 4. The molecular formula is C43H51N7O6. The van der Waals surface area contributed by atoms with Gasteiger partial charge in [0.25, 0.3) is 0 Å². The highest BCUT2D eigenvalue weighted by atomic mass is 16.6. The second kappa shape index (κ2) is 14.2. The Hall–Kier alpha value is -5.59. The van der Waals surface area contributed by atoms with Crippen LogP contribution in [-0.2, 0) is 20.9 Å². The second-order valence-corrected chi connectivity index (χ2v) is 16.9. The molecule has 3 aliphatic heterocycles. The number of ether oxygens (including phenoxy) is 3. The monoisotopic (exact) mass is 761 g/mol. The number of carbonyl (C=O) groups excluding carboxylic acids is 3. The lowest BCUT2D eigenvalue weighted by molar-refractivity contribution is -0.137. The number of hydrogen-bond acceptors (Lipinski definition) is 8. The number of nitrogens with one attached hydrogen (secondary N) is 3. The topological polar surface area (TPSA) is 155 Å². The Labute approximate surface area is 326 Å². The lowest BCUT2D eigenvalue weighted by atomic mass is 9.92. The van der Waals surface area contributed by atoms with Crippen molar-refractivity contribution >= 4 is 39.9 Å². The Bertz CT molecular complexity index is 2340. The van der Waals surface area contributed by atoms with E-state index in [0.29, 0.717) is 6.61 Å². The van der Waals surface area contributed by atoms with E-state index < -0.39 is 17.7 Å². The largest absolute Gasteiger partial charge is 0.488 e. The first-order valence-corrected chi connectivity index (χ1v) is 19.7. The van der Waals surface area contributed by atoms with Gasteiger partial charge < -0.3 is 34.4 Å². The van der Waals surface area contributed by atoms with Gasteiger partial charge in [-0.1, -0.05) is 32.0 Å². The fourth-order valence-corrected chi connectivity index (χ4v) is 8.65. The summed E-state index contributed by atoms with van der Waals surface area (Å²) in [4.78, 5) is 59.7. The van der Waals surface area contributed by atoms with Gasteiger partial charge in [0.05, 0.1) is 42.1 Å². The molecule has 3 N–H and O–H groups in total. The molecule has 13 nitrogen and oxygen atoms in total. The van der Waals surface area contributed by atoms with Crippen LogP contribution in [0.15, 0.2) is 48.7 Å². The molecule has 3 aliphatic rings. The Morgan fingerprint density at radius 2 is 1.64 bits per heavy atom. The van der Waals surface area contributed by atoms with E-state index in [9.17, 15) is 14.4 Å². The Morgan fingerprint density at radius 3 is 2.36 bits per heavy atom. The fourth-order valence-electron chi connectivity index (χ4n) is 8.65. The van der Waals surface area contributed by atoms with E-state index in [1.165, 1.54) is 7.11 Å². The molecule has 5 aromatic rings. The Kier molecular flexibility index (Phi) is 9.45. The second-order valence-electron chi connectivity index (χ2n) is 16.9. The van der Waals surface area contributed by atoms with Gasteiger partial charge in [0.2, 0.25) is 5.91 Å². The van der Waals surface area contributed by atoms with Crippen molar-refractivity contribution in [3.05, 3.63) is 65.9 Å². The molecular weight excluding hydrogens is 711 g/mol. The van der Waals surface area contributed by atoms with E-state index >= 15 is 0 Å². The number of fused-ring (bicyclic) bond motifs is 6. The van der Waals surface area contributed by atoms with Gasteiger partial charge in [0.1, 0.15) is 35.6 Å². The quantitative estimate of drug-likeness (QED) is 0.156. The molecule has 8 rings (SSSR count). The summed E-state index contributed by atoms with van der Waals surface area (Å²) in [7, 11) is 1.30. The predicted octanol–water partition coefficient (Wildman–Crippen LogP) is 8.56. The average Bonchev–Trinajstić information content (AvgIpc) is 3.97. The predicted molar refractivity (Wildman–Crippen MR) is 213 cm³/mol. The number of benzene rings is 3. The molecule has 3 amide bonds.